The number of benzene rings is 1. The molecular weight excluding hydrogens is 326 g/mol. The highest BCUT2D eigenvalue weighted by Gasteiger charge is 2.36. The molecule has 1 amide bonds. The van der Waals surface area contributed by atoms with Crippen LogP contribution in [0, 0.1) is 5.92 Å². The van der Waals surface area contributed by atoms with Gasteiger partial charge in [0.25, 0.3) is 5.92 Å². The van der Waals surface area contributed by atoms with E-state index in [1.807, 2.05) is 24.3 Å². The average molecular weight is 350 g/mol. The van der Waals surface area contributed by atoms with E-state index in [0.29, 0.717) is 29.4 Å². The van der Waals surface area contributed by atoms with Crippen molar-refractivity contribution in [3.63, 3.8) is 0 Å². The van der Waals surface area contributed by atoms with Crippen molar-refractivity contribution < 1.29 is 13.6 Å². The summed E-state index contributed by atoms with van der Waals surface area (Å²) in [7, 11) is 0. The van der Waals surface area contributed by atoms with Crippen molar-refractivity contribution in [1.29, 1.82) is 0 Å². The van der Waals surface area contributed by atoms with Crippen LogP contribution in [0.4, 0.5) is 19.5 Å². The van der Waals surface area contributed by atoms with Gasteiger partial charge in [-0.15, -0.1) is 0 Å². The minimum atomic E-state index is -2.63. The van der Waals surface area contributed by atoms with Gasteiger partial charge in [-0.1, -0.05) is 26.0 Å². The highest BCUT2D eigenvalue weighted by atomic mass is 19.3. The molecule has 1 aromatic carbocycles. The Labute approximate surface area is 146 Å². The SMILES string of the molecule is CC(C)CCNC(=O)n1c(N2CCC(F)(F)CC2)nc2ccccc21. The first-order chi connectivity index (χ1) is 11.9. The lowest BCUT2D eigenvalue weighted by molar-refractivity contribution is -0.0222. The molecule has 0 saturated carbocycles. The fraction of sp³-hybridized carbons (Fsp3) is 0.556. The van der Waals surface area contributed by atoms with Gasteiger partial charge in [0.05, 0.1) is 11.0 Å². The number of fused-ring (bicyclic) bond motifs is 1. The first-order valence-electron chi connectivity index (χ1n) is 8.76. The van der Waals surface area contributed by atoms with Crippen molar-refractivity contribution in [2.75, 3.05) is 24.5 Å². The van der Waals surface area contributed by atoms with E-state index in [0.717, 1.165) is 6.42 Å². The van der Waals surface area contributed by atoms with Crippen LogP contribution in [0.5, 0.6) is 0 Å². The highest BCUT2D eigenvalue weighted by molar-refractivity contribution is 5.93. The molecule has 7 heteroatoms. The first kappa shape index (κ1) is 17.6. The lowest BCUT2D eigenvalue weighted by Gasteiger charge is -2.32. The molecule has 1 saturated heterocycles. The fourth-order valence-corrected chi connectivity index (χ4v) is 3.01. The molecule has 0 aliphatic carbocycles. The number of piperidine rings is 1. The predicted molar refractivity (Wildman–Crippen MR) is 94.4 cm³/mol. The number of anilines is 1. The van der Waals surface area contributed by atoms with Gasteiger partial charge in [0.15, 0.2) is 0 Å². The number of para-hydroxylation sites is 2. The largest absolute Gasteiger partial charge is 0.341 e. The molecule has 1 fully saturated rings. The van der Waals surface area contributed by atoms with Gasteiger partial charge in [-0.2, -0.15) is 0 Å². The second-order valence-corrected chi connectivity index (χ2v) is 6.99. The molecule has 1 N–H and O–H groups in total. The maximum Gasteiger partial charge on any atom is 0.328 e. The standard InChI is InChI=1S/C18H24F2N4O/c1-13(2)7-10-21-17(25)24-15-6-4-3-5-14(15)22-16(24)23-11-8-18(19,20)9-12-23/h3-6,13H,7-12H2,1-2H3,(H,21,25). The zero-order valence-electron chi connectivity index (χ0n) is 14.6. The van der Waals surface area contributed by atoms with E-state index in [4.69, 9.17) is 0 Å². The number of halogens is 2. The molecule has 5 nitrogen and oxygen atoms in total. The summed E-state index contributed by atoms with van der Waals surface area (Å²) in [5, 5.41) is 2.91. The Morgan fingerprint density at radius 2 is 1.96 bits per heavy atom. The van der Waals surface area contributed by atoms with Crippen molar-refractivity contribution in [3.8, 4) is 0 Å². The van der Waals surface area contributed by atoms with Gasteiger partial charge in [-0.25, -0.2) is 23.1 Å². The molecule has 3 rings (SSSR count). The number of aromatic nitrogens is 2. The van der Waals surface area contributed by atoms with E-state index in [1.54, 1.807) is 4.90 Å². The molecule has 0 bridgehead atoms. The number of nitrogens with one attached hydrogen (secondary N) is 1. The van der Waals surface area contributed by atoms with Crippen LogP contribution in [-0.4, -0.2) is 41.1 Å². The molecule has 0 atom stereocenters. The third-order valence-electron chi connectivity index (χ3n) is 4.52. The van der Waals surface area contributed by atoms with Crippen molar-refractivity contribution >= 4 is 23.0 Å². The molecular formula is C18H24F2N4O. The van der Waals surface area contributed by atoms with Gasteiger partial charge in [0.1, 0.15) is 0 Å². The summed E-state index contributed by atoms with van der Waals surface area (Å²) in [5.74, 6) is -1.70. The number of rotatable bonds is 4. The van der Waals surface area contributed by atoms with Gasteiger partial charge < -0.3 is 10.2 Å². The van der Waals surface area contributed by atoms with Crippen LogP contribution in [0.1, 0.15) is 33.1 Å². The monoisotopic (exact) mass is 350 g/mol. The molecule has 0 spiro atoms. The van der Waals surface area contributed by atoms with Crippen LogP contribution < -0.4 is 10.2 Å². The van der Waals surface area contributed by atoms with Crippen LogP contribution in [0.2, 0.25) is 0 Å². The van der Waals surface area contributed by atoms with E-state index < -0.39 is 5.92 Å². The number of carbonyl (C=O) groups excluding carboxylic acids is 1. The maximum atomic E-state index is 13.5. The second kappa shape index (κ2) is 6.98. The van der Waals surface area contributed by atoms with Crippen LogP contribution >= 0.6 is 0 Å². The third-order valence-corrected chi connectivity index (χ3v) is 4.52. The Morgan fingerprint density at radius 3 is 2.64 bits per heavy atom. The molecule has 0 radical (unpaired) electrons. The first-order valence-corrected chi connectivity index (χ1v) is 8.76. The summed E-state index contributed by atoms with van der Waals surface area (Å²) in [6.07, 6.45) is 0.444. The minimum Gasteiger partial charge on any atom is -0.341 e. The lowest BCUT2D eigenvalue weighted by atomic mass is 10.1. The van der Waals surface area contributed by atoms with Gasteiger partial charge in [0, 0.05) is 32.5 Å². The molecule has 25 heavy (non-hydrogen) atoms. The molecule has 1 aliphatic heterocycles. The summed E-state index contributed by atoms with van der Waals surface area (Å²) < 4.78 is 28.4. The number of amides is 1. The van der Waals surface area contributed by atoms with E-state index in [1.165, 1.54) is 4.57 Å². The average Bonchev–Trinajstić information content (AvgIpc) is 2.93. The number of nitrogens with zero attached hydrogens (tertiary/aromatic N) is 3. The zero-order valence-corrected chi connectivity index (χ0v) is 14.6. The van der Waals surface area contributed by atoms with E-state index in [2.05, 4.69) is 24.1 Å². The Hall–Kier alpha value is -2.18. The molecule has 2 aromatic rings. The van der Waals surface area contributed by atoms with Gasteiger partial charge in [-0.05, 0) is 24.5 Å². The number of hydrogen-bond acceptors (Lipinski definition) is 3. The minimum absolute atomic E-state index is 0.190. The molecule has 2 heterocycles. The van der Waals surface area contributed by atoms with Gasteiger partial charge >= 0.3 is 6.03 Å². The van der Waals surface area contributed by atoms with Gasteiger partial charge in [-0.3, -0.25) is 0 Å². The molecule has 1 aromatic heterocycles. The zero-order chi connectivity index (χ0) is 18.0. The third kappa shape index (κ3) is 3.91. The maximum absolute atomic E-state index is 13.5. The van der Waals surface area contributed by atoms with Crippen LogP contribution in [0.25, 0.3) is 11.0 Å². The highest BCUT2D eigenvalue weighted by Crippen LogP contribution is 2.31. The summed E-state index contributed by atoms with van der Waals surface area (Å²) in [4.78, 5) is 19.0. The Kier molecular flexibility index (Phi) is 4.92. The van der Waals surface area contributed by atoms with Crippen molar-refractivity contribution in [1.82, 2.24) is 14.9 Å². The predicted octanol–water partition coefficient (Wildman–Crippen LogP) is 3.88. The van der Waals surface area contributed by atoms with Crippen molar-refractivity contribution in [2.24, 2.45) is 5.92 Å². The second-order valence-electron chi connectivity index (χ2n) is 6.99. The van der Waals surface area contributed by atoms with Crippen molar-refractivity contribution in [3.05, 3.63) is 24.3 Å². The number of imidazole rings is 1. The van der Waals surface area contributed by atoms with E-state index >= 15 is 0 Å². The Bertz CT molecular complexity index is 747. The number of hydrogen-bond donors (Lipinski definition) is 1. The Morgan fingerprint density at radius 1 is 1.28 bits per heavy atom. The topological polar surface area (TPSA) is 50.2 Å². The van der Waals surface area contributed by atoms with Crippen LogP contribution in [-0.2, 0) is 0 Å². The smallest absolute Gasteiger partial charge is 0.328 e. The summed E-state index contributed by atoms with van der Waals surface area (Å²) in [6, 6.07) is 7.09. The lowest BCUT2D eigenvalue weighted by Crippen LogP contribution is -2.42. The van der Waals surface area contributed by atoms with Gasteiger partial charge in [0.2, 0.25) is 5.95 Å². The van der Waals surface area contributed by atoms with E-state index in [-0.39, 0.29) is 32.0 Å². The number of carbonyl (C=O) groups is 1. The van der Waals surface area contributed by atoms with Crippen LogP contribution in [0.3, 0.4) is 0 Å². The summed E-state index contributed by atoms with van der Waals surface area (Å²) in [5.41, 5.74) is 1.38. The van der Waals surface area contributed by atoms with E-state index in [9.17, 15) is 13.6 Å². The summed E-state index contributed by atoms with van der Waals surface area (Å²) >= 11 is 0. The van der Waals surface area contributed by atoms with Crippen molar-refractivity contribution in [2.45, 2.75) is 39.0 Å². The molecule has 0 unspecified atom stereocenters. The van der Waals surface area contributed by atoms with Crippen LogP contribution in [0.15, 0.2) is 24.3 Å². The molecule has 136 valence electrons. The normalized spacial score (nSPS) is 17.2. The Balaban J connectivity index is 1.88. The number of alkyl halides is 2. The fourth-order valence-electron chi connectivity index (χ4n) is 3.01. The summed E-state index contributed by atoms with van der Waals surface area (Å²) in [6.45, 7) is 5.14. The quantitative estimate of drug-likeness (QED) is 0.910. The molecule has 1 aliphatic rings.